The minimum absolute atomic E-state index is 0.321. The zero-order valence-corrected chi connectivity index (χ0v) is 8.11. The molecule has 0 bridgehead atoms. The number of rotatable bonds is 5. The van der Waals surface area contributed by atoms with Gasteiger partial charge in [0.15, 0.2) is 0 Å². The second kappa shape index (κ2) is 5.35. The van der Waals surface area contributed by atoms with Crippen LogP contribution in [0.1, 0.15) is 25.7 Å². The highest BCUT2D eigenvalue weighted by atomic mass is 15.3. The van der Waals surface area contributed by atoms with Crippen LogP contribution in [0.3, 0.4) is 0 Å². The molecule has 0 amide bonds. The predicted molar refractivity (Wildman–Crippen MR) is 55.7 cm³/mol. The van der Waals surface area contributed by atoms with Crippen LogP contribution in [0, 0.1) is 17.2 Å². The van der Waals surface area contributed by atoms with Crippen LogP contribution in [0.15, 0.2) is 10.2 Å². The van der Waals surface area contributed by atoms with E-state index >= 15 is 0 Å². The Balaban J connectivity index is 2.30. The van der Waals surface area contributed by atoms with Gasteiger partial charge >= 0.3 is 0 Å². The van der Waals surface area contributed by atoms with Crippen molar-refractivity contribution in [3.63, 3.8) is 0 Å². The number of nitrogens with two attached hydrogens (primary N) is 2. The maximum Gasteiger partial charge on any atom is 0.145 e. The lowest BCUT2D eigenvalue weighted by Gasteiger charge is -2.03. The monoisotopic (exact) mass is 193 g/mol. The van der Waals surface area contributed by atoms with E-state index in [-0.39, 0.29) is 0 Å². The second-order valence-corrected chi connectivity index (χ2v) is 3.28. The van der Waals surface area contributed by atoms with E-state index in [9.17, 15) is 0 Å². The molecule has 0 aromatic heterocycles. The van der Waals surface area contributed by atoms with Crippen LogP contribution < -0.4 is 11.5 Å². The Morgan fingerprint density at radius 2 is 2.07 bits per heavy atom. The molecule has 0 radical (unpaired) electrons. The van der Waals surface area contributed by atoms with Gasteiger partial charge in [-0.05, 0) is 25.8 Å². The first-order valence-corrected chi connectivity index (χ1v) is 4.79. The first kappa shape index (κ1) is 10.7. The summed E-state index contributed by atoms with van der Waals surface area (Å²) in [5.74, 6) is -0.0748. The Bertz CT molecular complexity index is 286. The highest BCUT2D eigenvalue weighted by Gasteiger charge is 2.23. The van der Waals surface area contributed by atoms with Crippen LogP contribution in [-0.4, -0.2) is 18.1 Å². The molecule has 1 aliphatic rings. The molecular formula is C9H15N5. The third kappa shape index (κ3) is 2.54. The van der Waals surface area contributed by atoms with Gasteiger partial charge < -0.3 is 11.5 Å². The van der Waals surface area contributed by atoms with Crippen LogP contribution >= 0.6 is 0 Å². The molecule has 4 N–H and O–H groups in total. The summed E-state index contributed by atoms with van der Waals surface area (Å²) in [5, 5.41) is 16.4. The first-order chi connectivity index (χ1) is 6.79. The van der Waals surface area contributed by atoms with Crippen molar-refractivity contribution >= 4 is 11.5 Å². The fourth-order valence-electron chi connectivity index (χ4n) is 1.37. The fourth-order valence-corrected chi connectivity index (χ4v) is 1.37. The van der Waals surface area contributed by atoms with E-state index in [0.717, 1.165) is 31.4 Å². The summed E-state index contributed by atoms with van der Waals surface area (Å²) >= 11 is 0. The number of hydrogen-bond acceptors (Lipinski definition) is 5. The molecule has 5 nitrogen and oxygen atoms in total. The SMILES string of the molecule is N#CC1C(N)=NN=C1CCCCCN. The van der Waals surface area contributed by atoms with Crippen LogP contribution in [0.25, 0.3) is 0 Å². The summed E-state index contributed by atoms with van der Waals surface area (Å²) < 4.78 is 0. The topological polar surface area (TPSA) is 101 Å². The maximum atomic E-state index is 8.80. The predicted octanol–water partition coefficient (Wildman–Crippen LogP) is 0.372. The van der Waals surface area contributed by atoms with Crippen LogP contribution in [0.4, 0.5) is 0 Å². The van der Waals surface area contributed by atoms with E-state index in [1.165, 1.54) is 0 Å². The molecular weight excluding hydrogens is 178 g/mol. The number of amidine groups is 1. The molecule has 1 aliphatic heterocycles. The lowest BCUT2D eigenvalue weighted by Crippen LogP contribution is -2.25. The molecule has 0 aromatic rings. The van der Waals surface area contributed by atoms with Crippen molar-refractivity contribution in [2.24, 2.45) is 27.6 Å². The first-order valence-electron chi connectivity index (χ1n) is 4.79. The highest BCUT2D eigenvalue weighted by molar-refractivity contribution is 6.10. The standard InChI is InChI=1S/C9H15N5/c10-5-3-1-2-4-8-7(6-11)9(12)14-13-8/h7H,1-5,10H2,(H2,12,14). The van der Waals surface area contributed by atoms with E-state index < -0.39 is 5.92 Å². The third-order valence-electron chi connectivity index (χ3n) is 2.19. The summed E-state index contributed by atoms with van der Waals surface area (Å²) in [6.45, 7) is 0.715. The van der Waals surface area contributed by atoms with Gasteiger partial charge in [0.2, 0.25) is 0 Å². The summed E-state index contributed by atoms with van der Waals surface area (Å²) in [7, 11) is 0. The number of nitriles is 1. The zero-order valence-electron chi connectivity index (χ0n) is 8.11. The van der Waals surface area contributed by atoms with Gasteiger partial charge in [0.1, 0.15) is 11.8 Å². The minimum atomic E-state index is -0.395. The molecule has 0 aliphatic carbocycles. The number of nitrogens with zero attached hydrogens (tertiary/aromatic N) is 3. The van der Waals surface area contributed by atoms with E-state index in [4.69, 9.17) is 16.7 Å². The summed E-state index contributed by atoms with van der Waals surface area (Å²) in [5.41, 5.74) is 11.7. The molecule has 1 heterocycles. The Labute approximate surface area is 83.5 Å². The Morgan fingerprint density at radius 1 is 1.29 bits per heavy atom. The fraction of sp³-hybridized carbons (Fsp3) is 0.667. The van der Waals surface area contributed by atoms with Crippen LogP contribution in [0.2, 0.25) is 0 Å². The van der Waals surface area contributed by atoms with Crippen molar-refractivity contribution < 1.29 is 0 Å². The Morgan fingerprint density at radius 3 is 2.71 bits per heavy atom. The number of unbranched alkanes of at least 4 members (excludes halogenated alkanes) is 2. The summed E-state index contributed by atoms with van der Waals surface area (Å²) in [6.07, 6.45) is 3.87. The van der Waals surface area contributed by atoms with E-state index in [2.05, 4.69) is 16.3 Å². The van der Waals surface area contributed by atoms with Crippen molar-refractivity contribution in [1.82, 2.24) is 0 Å². The second-order valence-electron chi connectivity index (χ2n) is 3.28. The summed E-state index contributed by atoms with van der Waals surface area (Å²) in [4.78, 5) is 0. The van der Waals surface area contributed by atoms with Crippen molar-refractivity contribution in [2.75, 3.05) is 6.54 Å². The molecule has 1 unspecified atom stereocenters. The van der Waals surface area contributed by atoms with Crippen molar-refractivity contribution in [3.8, 4) is 6.07 Å². The minimum Gasteiger partial charge on any atom is -0.384 e. The quantitative estimate of drug-likeness (QED) is 0.617. The number of hydrogen-bond donors (Lipinski definition) is 2. The van der Waals surface area contributed by atoms with Gasteiger partial charge in [-0.25, -0.2) is 0 Å². The average Bonchev–Trinajstić information content (AvgIpc) is 2.54. The largest absolute Gasteiger partial charge is 0.384 e. The van der Waals surface area contributed by atoms with Gasteiger partial charge in [-0.15, -0.1) is 5.10 Å². The molecule has 0 spiro atoms. The van der Waals surface area contributed by atoms with Gasteiger partial charge in [0.05, 0.1) is 11.8 Å². The Hall–Kier alpha value is -1.41. The molecule has 1 atom stereocenters. The highest BCUT2D eigenvalue weighted by Crippen LogP contribution is 2.13. The normalized spacial score (nSPS) is 20.1. The van der Waals surface area contributed by atoms with Gasteiger partial charge in [0, 0.05) is 0 Å². The van der Waals surface area contributed by atoms with E-state index in [0.29, 0.717) is 12.4 Å². The van der Waals surface area contributed by atoms with Crippen molar-refractivity contribution in [2.45, 2.75) is 25.7 Å². The third-order valence-corrected chi connectivity index (χ3v) is 2.19. The molecule has 0 fully saturated rings. The van der Waals surface area contributed by atoms with E-state index in [1.807, 2.05) is 0 Å². The smallest absolute Gasteiger partial charge is 0.145 e. The zero-order chi connectivity index (χ0) is 10.4. The van der Waals surface area contributed by atoms with Crippen LogP contribution in [-0.2, 0) is 0 Å². The lowest BCUT2D eigenvalue weighted by atomic mass is 9.99. The van der Waals surface area contributed by atoms with Crippen LogP contribution in [0.5, 0.6) is 0 Å². The van der Waals surface area contributed by atoms with E-state index in [1.54, 1.807) is 0 Å². The van der Waals surface area contributed by atoms with Crippen molar-refractivity contribution in [1.29, 1.82) is 5.26 Å². The lowest BCUT2D eigenvalue weighted by molar-refractivity contribution is 0.701. The van der Waals surface area contributed by atoms with Crippen molar-refractivity contribution in [3.05, 3.63) is 0 Å². The molecule has 0 saturated carbocycles. The van der Waals surface area contributed by atoms with Gasteiger partial charge in [-0.1, -0.05) is 6.42 Å². The molecule has 0 saturated heterocycles. The van der Waals surface area contributed by atoms with Gasteiger partial charge in [-0.2, -0.15) is 10.4 Å². The molecule has 0 aromatic carbocycles. The molecule has 14 heavy (non-hydrogen) atoms. The maximum absolute atomic E-state index is 8.80. The summed E-state index contributed by atoms with van der Waals surface area (Å²) in [6, 6.07) is 2.09. The van der Waals surface area contributed by atoms with Gasteiger partial charge in [-0.3, -0.25) is 0 Å². The molecule has 5 heteroatoms. The Kier molecular flexibility index (Phi) is 4.08. The van der Waals surface area contributed by atoms with Gasteiger partial charge in [0.25, 0.3) is 0 Å². The molecule has 1 rings (SSSR count). The molecule has 76 valence electrons. The average molecular weight is 193 g/mol.